The van der Waals surface area contributed by atoms with Gasteiger partial charge in [-0.25, -0.2) is 0 Å². The summed E-state index contributed by atoms with van der Waals surface area (Å²) in [5.41, 5.74) is -0.329. The minimum atomic E-state index is -5.02. The number of alkyl halides is 3. The molecule has 0 radical (unpaired) electrons. The Kier molecular flexibility index (Phi) is 5.40. The van der Waals surface area contributed by atoms with E-state index in [9.17, 15) is 23.1 Å². The normalized spacial score (nSPS) is 19.3. The van der Waals surface area contributed by atoms with Crippen molar-refractivity contribution in [2.24, 2.45) is 5.10 Å². The quantitative estimate of drug-likeness (QED) is 0.821. The molecule has 1 aliphatic heterocycles. The van der Waals surface area contributed by atoms with Crippen LogP contribution in [-0.4, -0.2) is 33.6 Å². The first-order valence-electron chi connectivity index (χ1n) is 8.98. The maximum Gasteiger partial charge on any atom is 0.438 e. The lowest BCUT2D eigenvalue weighted by molar-refractivity contribution is -0.297. The van der Waals surface area contributed by atoms with Crippen LogP contribution >= 0.6 is 0 Å². The zero-order valence-electron chi connectivity index (χ0n) is 16.2. The highest BCUT2D eigenvalue weighted by molar-refractivity contribution is 5.97. The van der Waals surface area contributed by atoms with Gasteiger partial charge in [-0.1, -0.05) is 18.2 Å². The van der Waals surface area contributed by atoms with Crippen LogP contribution in [0.25, 0.3) is 0 Å². The van der Waals surface area contributed by atoms with Gasteiger partial charge in [0, 0.05) is 17.7 Å². The number of hydrazone groups is 1. The van der Waals surface area contributed by atoms with Gasteiger partial charge in [-0.3, -0.25) is 4.79 Å². The summed E-state index contributed by atoms with van der Waals surface area (Å²) in [6.45, 7) is 5.55. The molecule has 1 N–H and O–H groups in total. The SMILES string of the molecule is CC1=NN(C(=O)c2ccc(COc3ccc(C)c(C)c3)cc2)C(O)(C(F)(F)F)C1. The van der Waals surface area contributed by atoms with E-state index in [0.29, 0.717) is 5.75 Å². The standard InChI is InChI=1S/C21H21F3N2O3/c1-13-4-9-18(10-14(13)2)29-12-16-5-7-17(8-6-16)19(27)26-20(28,21(22,23)24)11-15(3)25-26/h4-10,28H,11-12H2,1-3H3. The number of hydrogen-bond donors (Lipinski definition) is 1. The second kappa shape index (κ2) is 7.51. The van der Waals surface area contributed by atoms with Crippen molar-refractivity contribution in [2.45, 2.75) is 45.7 Å². The Morgan fingerprint density at radius 3 is 2.38 bits per heavy atom. The third-order valence-corrected chi connectivity index (χ3v) is 4.85. The minimum Gasteiger partial charge on any atom is -0.489 e. The van der Waals surface area contributed by atoms with Gasteiger partial charge in [0.15, 0.2) is 0 Å². The molecule has 2 aromatic carbocycles. The van der Waals surface area contributed by atoms with Crippen molar-refractivity contribution in [2.75, 3.05) is 0 Å². The maximum atomic E-state index is 13.3. The van der Waals surface area contributed by atoms with Crippen molar-refractivity contribution in [3.05, 3.63) is 64.7 Å². The van der Waals surface area contributed by atoms with Crippen LogP contribution in [0.2, 0.25) is 0 Å². The number of rotatable bonds is 4. The highest BCUT2D eigenvalue weighted by Gasteiger charge is 2.62. The zero-order valence-corrected chi connectivity index (χ0v) is 16.2. The molecule has 1 heterocycles. The van der Waals surface area contributed by atoms with Crippen LogP contribution in [0.4, 0.5) is 13.2 Å². The zero-order chi connectivity index (χ0) is 21.4. The molecule has 1 atom stereocenters. The molecule has 0 spiro atoms. The number of amides is 1. The predicted octanol–water partition coefficient (Wildman–Crippen LogP) is 4.36. The van der Waals surface area contributed by atoms with Crippen molar-refractivity contribution in [1.29, 1.82) is 0 Å². The monoisotopic (exact) mass is 406 g/mol. The third kappa shape index (κ3) is 4.12. The smallest absolute Gasteiger partial charge is 0.438 e. The fourth-order valence-electron chi connectivity index (χ4n) is 2.99. The minimum absolute atomic E-state index is 0.0129. The van der Waals surface area contributed by atoms with E-state index in [4.69, 9.17) is 4.74 Å². The fourth-order valence-corrected chi connectivity index (χ4v) is 2.99. The van der Waals surface area contributed by atoms with E-state index in [0.717, 1.165) is 16.7 Å². The molecule has 1 unspecified atom stereocenters. The Hall–Kier alpha value is -2.87. The van der Waals surface area contributed by atoms with Crippen LogP contribution in [-0.2, 0) is 6.61 Å². The average Bonchev–Trinajstić information content (AvgIpc) is 2.98. The van der Waals surface area contributed by atoms with Crippen molar-refractivity contribution in [3.8, 4) is 5.75 Å². The molecule has 29 heavy (non-hydrogen) atoms. The number of ether oxygens (including phenoxy) is 1. The predicted molar refractivity (Wildman–Crippen MR) is 102 cm³/mol. The summed E-state index contributed by atoms with van der Waals surface area (Å²) in [5.74, 6) is -0.325. The first kappa shape index (κ1) is 20.9. The number of carbonyl (C=O) groups excluding carboxylic acids is 1. The number of aliphatic hydroxyl groups is 1. The van der Waals surface area contributed by atoms with Gasteiger partial charge in [0.05, 0.1) is 0 Å². The van der Waals surface area contributed by atoms with Gasteiger partial charge in [0.2, 0.25) is 0 Å². The molecule has 0 bridgehead atoms. The van der Waals surface area contributed by atoms with E-state index >= 15 is 0 Å². The Morgan fingerprint density at radius 2 is 1.79 bits per heavy atom. The first-order chi connectivity index (χ1) is 13.5. The molecule has 0 fully saturated rings. The summed E-state index contributed by atoms with van der Waals surface area (Å²) in [6, 6.07) is 11.7. The average molecular weight is 406 g/mol. The molecule has 0 saturated heterocycles. The van der Waals surface area contributed by atoms with E-state index in [2.05, 4.69) is 5.10 Å². The Bertz CT molecular complexity index is 955. The van der Waals surface area contributed by atoms with E-state index in [1.54, 1.807) is 12.1 Å². The van der Waals surface area contributed by atoms with Gasteiger partial charge in [-0.15, -0.1) is 0 Å². The molecule has 0 aromatic heterocycles. The van der Waals surface area contributed by atoms with Crippen LogP contribution in [0.1, 0.15) is 40.4 Å². The van der Waals surface area contributed by atoms with Crippen molar-refractivity contribution >= 4 is 11.6 Å². The summed E-state index contributed by atoms with van der Waals surface area (Å²) in [4.78, 5) is 12.5. The Balaban J connectivity index is 1.72. The molecule has 0 saturated carbocycles. The lowest BCUT2D eigenvalue weighted by atomic mass is 10.1. The molecule has 0 aliphatic carbocycles. The Morgan fingerprint density at radius 1 is 1.14 bits per heavy atom. The molecule has 3 rings (SSSR count). The summed E-state index contributed by atoms with van der Waals surface area (Å²) in [7, 11) is 0. The van der Waals surface area contributed by atoms with Crippen LogP contribution in [0.5, 0.6) is 5.75 Å². The molecule has 154 valence electrons. The highest BCUT2D eigenvalue weighted by atomic mass is 19.4. The third-order valence-electron chi connectivity index (χ3n) is 4.85. The van der Waals surface area contributed by atoms with Gasteiger partial charge < -0.3 is 9.84 Å². The van der Waals surface area contributed by atoms with Gasteiger partial charge in [0.25, 0.3) is 11.6 Å². The molecule has 5 nitrogen and oxygen atoms in total. The van der Waals surface area contributed by atoms with Gasteiger partial charge >= 0.3 is 6.18 Å². The molecule has 1 amide bonds. The largest absolute Gasteiger partial charge is 0.489 e. The summed E-state index contributed by atoms with van der Waals surface area (Å²) in [6.07, 6.45) is -5.80. The summed E-state index contributed by atoms with van der Waals surface area (Å²) < 4.78 is 45.6. The van der Waals surface area contributed by atoms with Gasteiger partial charge in [0.1, 0.15) is 12.4 Å². The van der Waals surface area contributed by atoms with Crippen molar-refractivity contribution < 1.29 is 27.8 Å². The van der Waals surface area contributed by atoms with Crippen LogP contribution < -0.4 is 4.74 Å². The number of nitrogens with zero attached hydrogens (tertiary/aromatic N) is 2. The summed E-state index contributed by atoms with van der Waals surface area (Å²) in [5, 5.41) is 13.8. The second-order valence-electron chi connectivity index (χ2n) is 7.18. The lowest BCUT2D eigenvalue weighted by Gasteiger charge is -2.32. The van der Waals surface area contributed by atoms with E-state index in [1.165, 1.54) is 19.1 Å². The summed E-state index contributed by atoms with van der Waals surface area (Å²) >= 11 is 0. The van der Waals surface area contributed by atoms with Crippen LogP contribution in [0.3, 0.4) is 0 Å². The van der Waals surface area contributed by atoms with E-state index in [1.807, 2.05) is 32.0 Å². The van der Waals surface area contributed by atoms with Gasteiger partial charge in [-0.05, 0) is 61.7 Å². The molecule has 8 heteroatoms. The first-order valence-corrected chi connectivity index (χ1v) is 8.98. The second-order valence-corrected chi connectivity index (χ2v) is 7.18. The maximum absolute atomic E-state index is 13.3. The van der Waals surface area contributed by atoms with Gasteiger partial charge in [-0.2, -0.15) is 23.3 Å². The molecule has 1 aliphatic rings. The number of carbonyl (C=O) groups is 1. The topological polar surface area (TPSA) is 62.1 Å². The van der Waals surface area contributed by atoms with Crippen molar-refractivity contribution in [1.82, 2.24) is 5.01 Å². The van der Waals surface area contributed by atoms with E-state index < -0.39 is 24.2 Å². The van der Waals surface area contributed by atoms with Crippen LogP contribution in [0, 0.1) is 13.8 Å². The number of hydrogen-bond acceptors (Lipinski definition) is 4. The molecular weight excluding hydrogens is 385 g/mol. The fraction of sp³-hybridized carbons (Fsp3) is 0.333. The van der Waals surface area contributed by atoms with E-state index in [-0.39, 0.29) is 22.9 Å². The van der Waals surface area contributed by atoms with Crippen molar-refractivity contribution in [3.63, 3.8) is 0 Å². The molecular formula is C21H21F3N2O3. The number of benzene rings is 2. The lowest BCUT2D eigenvalue weighted by Crippen LogP contribution is -2.56. The van der Waals surface area contributed by atoms with Crippen LogP contribution in [0.15, 0.2) is 47.6 Å². The Labute approximate surface area is 166 Å². The molecule has 2 aromatic rings. The number of aryl methyl sites for hydroxylation is 2. The highest BCUT2D eigenvalue weighted by Crippen LogP contribution is 2.40. The number of halogens is 3.